The number of halogens is 6. The Morgan fingerprint density at radius 1 is 1.07 bits per heavy atom. The fourth-order valence-corrected chi connectivity index (χ4v) is 5.27. The number of fused-ring (bicyclic) bond motifs is 2. The van der Waals surface area contributed by atoms with E-state index in [0.29, 0.717) is 30.4 Å². The molecule has 1 unspecified atom stereocenters. The predicted octanol–water partition coefficient (Wildman–Crippen LogP) is 4.72. The zero-order valence-corrected chi connectivity index (χ0v) is 20.5. The molecule has 0 radical (unpaired) electrons. The van der Waals surface area contributed by atoms with Crippen molar-refractivity contribution >= 4 is 23.2 Å². The van der Waals surface area contributed by atoms with Crippen molar-refractivity contribution in [2.24, 2.45) is 5.92 Å². The molecule has 1 aliphatic heterocycles. The molecular formula is C25H20F6N8O. The summed E-state index contributed by atoms with van der Waals surface area (Å²) in [5.74, 6) is -0.793. The minimum absolute atomic E-state index is 0.00456. The van der Waals surface area contributed by atoms with Crippen molar-refractivity contribution in [2.75, 3.05) is 11.1 Å². The average Bonchev–Trinajstić information content (AvgIpc) is 3.52. The first-order valence-electron chi connectivity index (χ1n) is 12.3. The van der Waals surface area contributed by atoms with E-state index < -0.39 is 35.7 Å². The summed E-state index contributed by atoms with van der Waals surface area (Å²) in [6.45, 7) is 0. The average molecular weight is 562 g/mol. The van der Waals surface area contributed by atoms with Gasteiger partial charge in [-0.25, -0.2) is 19.9 Å². The van der Waals surface area contributed by atoms with Crippen LogP contribution in [-0.2, 0) is 22.8 Å². The number of anilines is 2. The van der Waals surface area contributed by atoms with Gasteiger partial charge in [0.05, 0.1) is 22.5 Å². The standard InChI is InChI=1S/C25H20F6N8O/c26-23(27,28)7-1-2-14-21-33-8-9-39(21)11-15(35-14)19-36-18(32)17-20(37-19)38-22(40)24(17,12-3-4-12)16-6-5-13(10-34-16)25(29,30)31/h5-6,8-12H,1-4,7H2,(H3,32,36,37,38,40). The fourth-order valence-electron chi connectivity index (χ4n) is 5.27. The number of carbonyl (C=O) groups excluding carboxylic acids is 1. The van der Waals surface area contributed by atoms with E-state index in [-0.39, 0.29) is 53.2 Å². The molecule has 9 nitrogen and oxygen atoms in total. The van der Waals surface area contributed by atoms with Gasteiger partial charge >= 0.3 is 12.4 Å². The monoisotopic (exact) mass is 562 g/mol. The number of alkyl halides is 6. The van der Waals surface area contributed by atoms with E-state index in [1.807, 2.05) is 0 Å². The number of rotatable bonds is 6. The summed E-state index contributed by atoms with van der Waals surface area (Å²) in [4.78, 5) is 35.0. The number of aromatic nitrogens is 6. The van der Waals surface area contributed by atoms with Crippen molar-refractivity contribution in [1.82, 2.24) is 29.3 Å². The van der Waals surface area contributed by atoms with Crippen LogP contribution in [0.1, 0.15) is 48.2 Å². The van der Waals surface area contributed by atoms with Gasteiger partial charge in [-0.2, -0.15) is 26.3 Å². The molecule has 1 fully saturated rings. The van der Waals surface area contributed by atoms with Crippen LogP contribution >= 0.6 is 0 Å². The van der Waals surface area contributed by atoms with Crippen LogP contribution in [0.2, 0.25) is 0 Å². The number of imidazole rings is 1. The lowest BCUT2D eigenvalue weighted by Crippen LogP contribution is -2.39. The lowest BCUT2D eigenvalue weighted by molar-refractivity contribution is -0.138. The number of aryl methyl sites for hydroxylation is 1. The molecule has 2 aliphatic rings. The Balaban J connectivity index is 1.42. The van der Waals surface area contributed by atoms with Crippen LogP contribution < -0.4 is 11.1 Å². The highest BCUT2D eigenvalue weighted by Crippen LogP contribution is 2.57. The maximum absolute atomic E-state index is 13.5. The first-order valence-corrected chi connectivity index (χ1v) is 12.3. The molecule has 0 saturated heterocycles. The van der Waals surface area contributed by atoms with Crippen LogP contribution in [-0.4, -0.2) is 41.4 Å². The molecule has 1 amide bonds. The van der Waals surface area contributed by atoms with Gasteiger partial charge in [-0.05, 0) is 43.7 Å². The fraction of sp³-hybridized carbons (Fsp3) is 0.360. The molecule has 208 valence electrons. The molecule has 6 rings (SSSR count). The summed E-state index contributed by atoms with van der Waals surface area (Å²) in [5.41, 5.74) is 5.18. The van der Waals surface area contributed by atoms with E-state index >= 15 is 0 Å². The largest absolute Gasteiger partial charge is 0.417 e. The van der Waals surface area contributed by atoms with E-state index in [0.717, 1.165) is 6.07 Å². The molecule has 1 atom stereocenters. The third-order valence-corrected chi connectivity index (χ3v) is 7.15. The molecule has 0 aromatic carbocycles. The molecule has 1 aliphatic carbocycles. The highest BCUT2D eigenvalue weighted by molar-refractivity contribution is 6.09. The lowest BCUT2D eigenvalue weighted by Gasteiger charge is -2.27. The van der Waals surface area contributed by atoms with Gasteiger partial charge in [-0.1, -0.05) is 0 Å². The Kier molecular flexibility index (Phi) is 5.75. The third-order valence-electron chi connectivity index (χ3n) is 7.15. The van der Waals surface area contributed by atoms with Crippen molar-refractivity contribution in [3.63, 3.8) is 0 Å². The number of nitrogens with one attached hydrogen (secondary N) is 1. The quantitative estimate of drug-likeness (QED) is 0.326. The summed E-state index contributed by atoms with van der Waals surface area (Å²) < 4.78 is 79.2. The smallest absolute Gasteiger partial charge is 0.383 e. The number of carbonyl (C=O) groups is 1. The summed E-state index contributed by atoms with van der Waals surface area (Å²) in [7, 11) is 0. The van der Waals surface area contributed by atoms with Crippen LogP contribution in [0.15, 0.2) is 36.9 Å². The van der Waals surface area contributed by atoms with Gasteiger partial charge in [-0.3, -0.25) is 9.78 Å². The van der Waals surface area contributed by atoms with Crippen molar-refractivity contribution in [3.05, 3.63) is 59.4 Å². The first-order chi connectivity index (χ1) is 18.9. The summed E-state index contributed by atoms with van der Waals surface area (Å²) >= 11 is 0. The molecule has 15 heteroatoms. The number of pyridine rings is 1. The predicted molar refractivity (Wildman–Crippen MR) is 129 cm³/mol. The molecule has 0 bridgehead atoms. The minimum atomic E-state index is -4.60. The van der Waals surface area contributed by atoms with Gasteiger partial charge in [0.15, 0.2) is 11.5 Å². The normalized spacial score (nSPS) is 19.2. The second-order valence-electron chi connectivity index (χ2n) is 9.82. The van der Waals surface area contributed by atoms with Crippen LogP contribution in [0.25, 0.3) is 17.2 Å². The number of hydrogen-bond acceptors (Lipinski definition) is 7. The number of amides is 1. The summed E-state index contributed by atoms with van der Waals surface area (Å²) in [5, 5.41) is 2.70. The first kappa shape index (κ1) is 26.0. The Bertz CT molecular complexity index is 1630. The van der Waals surface area contributed by atoms with Crippen molar-refractivity contribution in [3.8, 4) is 11.5 Å². The molecule has 1 saturated carbocycles. The third kappa shape index (κ3) is 4.29. The maximum atomic E-state index is 13.5. The molecule has 40 heavy (non-hydrogen) atoms. The molecular weight excluding hydrogens is 542 g/mol. The summed E-state index contributed by atoms with van der Waals surface area (Å²) in [6.07, 6.45) is -3.55. The second kappa shape index (κ2) is 8.86. The topological polar surface area (TPSA) is 124 Å². The van der Waals surface area contributed by atoms with E-state index in [1.54, 1.807) is 16.8 Å². The highest BCUT2D eigenvalue weighted by Gasteiger charge is 2.60. The Morgan fingerprint density at radius 2 is 1.85 bits per heavy atom. The van der Waals surface area contributed by atoms with Crippen molar-refractivity contribution < 1.29 is 31.1 Å². The molecule has 0 spiro atoms. The SMILES string of the molecule is Nc1nc(-c2cn3ccnc3c(CCCC(F)(F)F)n2)nc2c1C(c1ccc(C(F)(F)F)cn1)(C1CC1)C(=O)N2. The molecule has 5 heterocycles. The Labute approximate surface area is 221 Å². The zero-order valence-electron chi connectivity index (χ0n) is 20.5. The van der Waals surface area contributed by atoms with E-state index in [9.17, 15) is 31.1 Å². The number of nitrogen functional groups attached to an aromatic ring is 1. The molecule has 4 aromatic rings. The highest BCUT2D eigenvalue weighted by atomic mass is 19.4. The van der Waals surface area contributed by atoms with Crippen molar-refractivity contribution in [2.45, 2.75) is 49.9 Å². The van der Waals surface area contributed by atoms with Gasteiger partial charge < -0.3 is 15.5 Å². The Morgan fingerprint density at radius 3 is 2.50 bits per heavy atom. The minimum Gasteiger partial charge on any atom is -0.383 e. The number of hydrogen-bond donors (Lipinski definition) is 2. The maximum Gasteiger partial charge on any atom is 0.417 e. The van der Waals surface area contributed by atoms with Crippen LogP contribution in [0.3, 0.4) is 0 Å². The zero-order chi connectivity index (χ0) is 28.4. The lowest BCUT2D eigenvalue weighted by atomic mass is 9.74. The van der Waals surface area contributed by atoms with E-state index in [4.69, 9.17) is 5.73 Å². The van der Waals surface area contributed by atoms with Crippen LogP contribution in [0.4, 0.5) is 38.0 Å². The van der Waals surface area contributed by atoms with E-state index in [1.165, 1.54) is 12.3 Å². The van der Waals surface area contributed by atoms with Gasteiger partial charge in [0.2, 0.25) is 5.91 Å². The number of nitrogens with two attached hydrogens (primary N) is 1. The van der Waals surface area contributed by atoms with E-state index in [2.05, 4.69) is 30.2 Å². The van der Waals surface area contributed by atoms with Gasteiger partial charge in [-0.15, -0.1) is 0 Å². The van der Waals surface area contributed by atoms with Gasteiger partial charge in [0, 0.05) is 31.2 Å². The molecule has 3 N–H and O–H groups in total. The summed E-state index contributed by atoms with van der Waals surface area (Å²) in [6, 6.07) is 2.04. The van der Waals surface area contributed by atoms with Crippen LogP contribution in [0.5, 0.6) is 0 Å². The van der Waals surface area contributed by atoms with Crippen molar-refractivity contribution in [1.29, 1.82) is 0 Å². The second-order valence-corrected chi connectivity index (χ2v) is 9.82. The van der Waals surface area contributed by atoms with Gasteiger partial charge in [0.1, 0.15) is 22.7 Å². The molecule has 4 aromatic heterocycles. The Hall–Kier alpha value is -4.30. The van der Waals surface area contributed by atoms with Crippen LogP contribution in [0, 0.1) is 5.92 Å². The van der Waals surface area contributed by atoms with Gasteiger partial charge in [0.25, 0.3) is 0 Å². The number of nitrogens with zero attached hydrogens (tertiary/aromatic N) is 6.